The number of pyridine rings is 1. The fourth-order valence-corrected chi connectivity index (χ4v) is 9.10. The zero-order valence-electron chi connectivity index (χ0n) is 38.7. The summed E-state index contributed by atoms with van der Waals surface area (Å²) in [7, 11) is 5.29. The predicted octanol–water partition coefficient (Wildman–Crippen LogP) is 9.74. The molecule has 60 heavy (non-hydrogen) atoms. The minimum atomic E-state index is -0.165. The van der Waals surface area contributed by atoms with Gasteiger partial charge in [0.25, 0.3) is 0 Å². The van der Waals surface area contributed by atoms with E-state index in [1.54, 1.807) is 18.4 Å². The predicted molar refractivity (Wildman–Crippen MR) is 254 cm³/mol. The van der Waals surface area contributed by atoms with E-state index < -0.39 is 0 Å². The summed E-state index contributed by atoms with van der Waals surface area (Å²) < 4.78 is 13.9. The Morgan fingerprint density at radius 1 is 1.12 bits per heavy atom. The number of methoxy groups -OCH3 is 1. The Hall–Kier alpha value is -3.45. The Kier molecular flexibility index (Phi) is 19.9. The monoisotopic (exact) mass is 844 g/mol. The Morgan fingerprint density at radius 2 is 1.85 bits per heavy atom. The molecule has 2 aliphatic heterocycles. The number of unbranched alkanes of at least 4 members (excludes halogenated alkanes) is 1. The maximum atomic E-state index is 11.6. The first-order valence-electron chi connectivity index (χ1n) is 22.5. The van der Waals surface area contributed by atoms with Gasteiger partial charge in [-0.3, -0.25) is 9.88 Å². The first-order valence-corrected chi connectivity index (χ1v) is 23.4. The summed E-state index contributed by atoms with van der Waals surface area (Å²) in [5, 5.41) is 7.62. The van der Waals surface area contributed by atoms with Gasteiger partial charge in [0.15, 0.2) is 0 Å². The van der Waals surface area contributed by atoms with Gasteiger partial charge in [-0.05, 0) is 96.1 Å². The van der Waals surface area contributed by atoms with Crippen LogP contribution in [-0.2, 0) is 33.7 Å². The molecule has 2 aliphatic rings. The molecular formula is C49H77N7O3S. The van der Waals surface area contributed by atoms with Crippen LogP contribution in [0.3, 0.4) is 0 Å². The third-order valence-corrected chi connectivity index (χ3v) is 13.2. The van der Waals surface area contributed by atoms with Gasteiger partial charge in [0.1, 0.15) is 6.29 Å². The summed E-state index contributed by atoms with van der Waals surface area (Å²) >= 11 is 1.65. The van der Waals surface area contributed by atoms with Gasteiger partial charge in [0.05, 0.1) is 59.3 Å². The van der Waals surface area contributed by atoms with Crippen molar-refractivity contribution in [2.24, 2.45) is 17.1 Å². The minimum Gasteiger partial charge on any atom is -0.378 e. The summed E-state index contributed by atoms with van der Waals surface area (Å²) in [6, 6.07) is 10.5. The lowest BCUT2D eigenvalue weighted by molar-refractivity contribution is -0.111. The van der Waals surface area contributed by atoms with Crippen molar-refractivity contribution in [1.29, 1.82) is 0 Å². The zero-order chi connectivity index (χ0) is 43.8. The quantitative estimate of drug-likeness (QED) is 0.0664. The lowest BCUT2D eigenvalue weighted by Gasteiger charge is -2.43. The minimum absolute atomic E-state index is 0.0105. The number of hydrogen-bond donors (Lipinski definition) is 2. The standard InChI is InChI=1S/C41H55N5O3S.C7H17N.CH5N/c1-8-11-14-41(5,6)22-35-33-20-30(36-27-50-38(43-36)19-29(9-2)24-47)12-13-37(33)46(10-3)40(35)34-21-31(23-42-39(34)28(4)48-7)44-15-17-45(18-16-44)32-25-49-26-32;1-4-5-6-7(2)8-3;1-2/h8,12-13,20-21,23-24,27-29,32H,1,9-11,14-19,22,25-26H2,2-7H3;7-8H,4-6H2,1-3H3;2H2,1H3. The van der Waals surface area contributed by atoms with Gasteiger partial charge >= 0.3 is 0 Å². The van der Waals surface area contributed by atoms with Crippen molar-refractivity contribution in [3.63, 3.8) is 0 Å². The first-order chi connectivity index (χ1) is 29.0. The van der Waals surface area contributed by atoms with Crippen molar-refractivity contribution in [3.05, 3.63) is 64.8 Å². The van der Waals surface area contributed by atoms with Crippen LogP contribution < -0.4 is 16.0 Å². The molecule has 4 aromatic rings. The van der Waals surface area contributed by atoms with Gasteiger partial charge in [-0.2, -0.15) is 0 Å². The van der Waals surface area contributed by atoms with E-state index in [0.29, 0.717) is 18.5 Å². The van der Waals surface area contributed by atoms with E-state index in [9.17, 15) is 4.79 Å². The number of rotatable bonds is 20. The van der Waals surface area contributed by atoms with Crippen molar-refractivity contribution in [1.82, 2.24) is 24.8 Å². The molecule has 11 heteroatoms. The van der Waals surface area contributed by atoms with Crippen molar-refractivity contribution in [3.8, 4) is 22.5 Å². The van der Waals surface area contributed by atoms with Crippen molar-refractivity contribution < 1.29 is 14.3 Å². The molecule has 0 radical (unpaired) electrons. The molecule has 0 saturated carbocycles. The molecule has 2 fully saturated rings. The average molecular weight is 844 g/mol. The number of aryl methyl sites for hydroxylation is 1. The van der Waals surface area contributed by atoms with E-state index in [1.807, 2.05) is 13.1 Å². The number of aromatic nitrogens is 3. The smallest absolute Gasteiger partial charge is 0.123 e. The van der Waals surface area contributed by atoms with Crippen molar-refractivity contribution in [2.75, 3.05) is 65.5 Å². The van der Waals surface area contributed by atoms with Crippen LogP contribution in [0.5, 0.6) is 0 Å². The number of ether oxygens (including phenoxy) is 2. The average Bonchev–Trinajstić information content (AvgIpc) is 3.85. The highest BCUT2D eigenvalue weighted by molar-refractivity contribution is 7.10. The number of anilines is 1. The highest BCUT2D eigenvalue weighted by Gasteiger charge is 2.31. The molecular weight excluding hydrogens is 767 g/mol. The third-order valence-electron chi connectivity index (χ3n) is 12.4. The van der Waals surface area contributed by atoms with Gasteiger partial charge in [0.2, 0.25) is 0 Å². The Morgan fingerprint density at radius 3 is 2.43 bits per heavy atom. The van der Waals surface area contributed by atoms with Crippen LogP contribution in [-0.4, -0.2) is 98.4 Å². The number of nitrogens with two attached hydrogens (primary N) is 1. The second-order valence-corrected chi connectivity index (χ2v) is 18.1. The fourth-order valence-electron chi connectivity index (χ4n) is 8.21. The molecule has 3 unspecified atom stereocenters. The molecule has 10 nitrogen and oxygen atoms in total. The zero-order valence-corrected chi connectivity index (χ0v) is 39.5. The Labute approximate surface area is 366 Å². The number of benzene rings is 1. The van der Waals surface area contributed by atoms with E-state index in [2.05, 4.69) is 116 Å². The maximum absolute atomic E-state index is 11.6. The summed E-state index contributed by atoms with van der Waals surface area (Å²) in [5.74, 6) is 0.0105. The maximum Gasteiger partial charge on any atom is 0.123 e. The van der Waals surface area contributed by atoms with E-state index in [-0.39, 0.29) is 17.4 Å². The van der Waals surface area contributed by atoms with Crippen LogP contribution in [0, 0.1) is 11.3 Å². The van der Waals surface area contributed by atoms with Crippen LogP contribution in [0.4, 0.5) is 5.69 Å². The van der Waals surface area contributed by atoms with Gasteiger partial charge in [-0.25, -0.2) is 4.98 Å². The number of nitrogens with zero attached hydrogens (tertiary/aromatic N) is 5. The number of carbonyl (C=O) groups is 1. The number of hydrogen-bond acceptors (Lipinski definition) is 10. The van der Waals surface area contributed by atoms with E-state index in [1.165, 1.54) is 48.5 Å². The van der Waals surface area contributed by atoms with E-state index >= 15 is 0 Å². The van der Waals surface area contributed by atoms with Crippen LogP contribution in [0.15, 0.2) is 48.5 Å². The number of piperazine rings is 1. The molecule has 0 amide bonds. The van der Waals surface area contributed by atoms with Crippen molar-refractivity contribution >= 4 is 34.2 Å². The molecule has 0 aliphatic carbocycles. The van der Waals surface area contributed by atoms with Gasteiger partial charge in [0, 0.05) is 85.6 Å². The van der Waals surface area contributed by atoms with Crippen LogP contribution in [0.25, 0.3) is 33.4 Å². The number of thiazole rings is 1. The first kappa shape index (κ1) is 49.2. The normalized spacial score (nSPS) is 16.3. The third kappa shape index (κ3) is 12.6. The molecule has 3 atom stereocenters. The van der Waals surface area contributed by atoms with Gasteiger partial charge in [-0.1, -0.05) is 52.7 Å². The highest BCUT2D eigenvalue weighted by Crippen LogP contribution is 2.43. The Bertz CT molecular complexity index is 1910. The topological polar surface area (TPSA) is 111 Å². The number of aldehydes is 1. The molecule has 1 aromatic carbocycles. The SMILES string of the molecule is C=CCCC(C)(C)Cc1c(-c2cc(N3CCN(C4COC4)CC3)cnc2C(C)OC)n(CC)c2ccc(-c3csc(CC(C=O)CC)n3)cc12.CCCCC(C)NC.CN. The Balaban J connectivity index is 0.000000712. The largest absolute Gasteiger partial charge is 0.378 e. The van der Waals surface area contributed by atoms with Gasteiger partial charge in [-0.15, -0.1) is 17.9 Å². The lowest BCUT2D eigenvalue weighted by atomic mass is 9.80. The highest BCUT2D eigenvalue weighted by atomic mass is 32.1. The molecule has 5 heterocycles. The molecule has 6 rings (SSSR count). The molecule has 3 aromatic heterocycles. The summed E-state index contributed by atoms with van der Waals surface area (Å²) in [5.41, 5.74) is 13.7. The summed E-state index contributed by atoms with van der Waals surface area (Å²) in [6.07, 6.45) is 13.4. The number of carbonyl (C=O) groups excluding carboxylic acids is 1. The van der Waals surface area contributed by atoms with Gasteiger partial charge < -0.3 is 34.8 Å². The molecule has 0 spiro atoms. The number of allylic oxidation sites excluding steroid dienone is 1. The van der Waals surface area contributed by atoms with Crippen LogP contribution in [0.2, 0.25) is 0 Å². The molecule has 2 saturated heterocycles. The molecule has 332 valence electrons. The fraction of sp³-hybridized carbons (Fsp3) is 0.612. The van der Waals surface area contributed by atoms with E-state index in [4.69, 9.17) is 19.4 Å². The number of fused-ring (bicyclic) bond motifs is 1. The number of nitrogens with one attached hydrogen (secondary N) is 1. The van der Waals surface area contributed by atoms with Crippen LogP contribution in [0.1, 0.15) is 109 Å². The molecule has 0 bridgehead atoms. The summed E-state index contributed by atoms with van der Waals surface area (Å²) in [4.78, 5) is 26.8. The summed E-state index contributed by atoms with van der Waals surface area (Å²) in [6.45, 7) is 26.2. The second kappa shape index (κ2) is 24.3. The van der Waals surface area contributed by atoms with Crippen molar-refractivity contribution in [2.45, 2.75) is 125 Å². The lowest BCUT2D eigenvalue weighted by Crippen LogP contribution is -2.56. The van der Waals surface area contributed by atoms with Crippen LogP contribution >= 0.6 is 11.3 Å². The molecule has 3 N–H and O–H groups in total. The second-order valence-electron chi connectivity index (χ2n) is 17.2. The van der Waals surface area contributed by atoms with E-state index in [0.717, 1.165) is 111 Å².